The molecule has 0 aromatic heterocycles. The molecule has 1 nitrogen and oxygen atoms in total. The predicted molar refractivity (Wildman–Crippen MR) is 94.4 cm³/mol. The van der Waals surface area contributed by atoms with E-state index in [-0.39, 0.29) is 0 Å². The summed E-state index contributed by atoms with van der Waals surface area (Å²) in [7, 11) is 0. The molecule has 0 atom stereocenters. The van der Waals surface area contributed by atoms with E-state index in [1.165, 1.54) is 17.6 Å². The Hall–Kier alpha value is -2.07. The van der Waals surface area contributed by atoms with Crippen molar-refractivity contribution in [2.45, 2.75) is 47.0 Å². The standard InChI is InChI=1S/C20H25N/c1-5-9-18(10-6-2)19-14-11-17(12-15-19)13-16-20(7-3)21-8-4/h7-9,11-12,14-15H,5-6,10H2,1-4H3/b18-9+,20-7-,21-8-. The van der Waals surface area contributed by atoms with Crippen molar-refractivity contribution in [3.63, 3.8) is 0 Å². The summed E-state index contributed by atoms with van der Waals surface area (Å²) in [6, 6.07) is 8.51. The van der Waals surface area contributed by atoms with Crippen LogP contribution in [0, 0.1) is 11.8 Å². The zero-order valence-electron chi connectivity index (χ0n) is 13.6. The topological polar surface area (TPSA) is 12.4 Å². The van der Waals surface area contributed by atoms with Crippen LogP contribution in [-0.2, 0) is 0 Å². The van der Waals surface area contributed by atoms with Gasteiger partial charge >= 0.3 is 0 Å². The first kappa shape index (κ1) is 17.0. The van der Waals surface area contributed by atoms with E-state index in [2.05, 4.69) is 61.0 Å². The summed E-state index contributed by atoms with van der Waals surface area (Å²) in [5, 5.41) is 0. The lowest BCUT2D eigenvalue weighted by Gasteiger charge is -2.06. The first-order chi connectivity index (χ1) is 10.2. The van der Waals surface area contributed by atoms with Gasteiger partial charge in [0.25, 0.3) is 0 Å². The number of nitrogens with zero attached hydrogens (tertiary/aromatic N) is 1. The van der Waals surface area contributed by atoms with E-state index in [0.29, 0.717) is 0 Å². The normalized spacial score (nSPS) is 12.4. The van der Waals surface area contributed by atoms with Crippen LogP contribution in [0.25, 0.3) is 5.57 Å². The molecule has 0 heterocycles. The van der Waals surface area contributed by atoms with E-state index < -0.39 is 0 Å². The summed E-state index contributed by atoms with van der Waals surface area (Å²) in [6.07, 6.45) is 9.39. The predicted octanol–water partition coefficient (Wildman–Crippen LogP) is 5.63. The lowest BCUT2D eigenvalue weighted by Crippen LogP contribution is -1.85. The summed E-state index contributed by atoms with van der Waals surface area (Å²) in [5.74, 6) is 6.24. The molecule has 0 saturated carbocycles. The fraction of sp³-hybridized carbons (Fsp3) is 0.350. The fourth-order valence-corrected chi connectivity index (χ4v) is 2.10. The first-order valence-corrected chi connectivity index (χ1v) is 7.71. The Balaban J connectivity index is 2.93. The van der Waals surface area contributed by atoms with E-state index >= 15 is 0 Å². The van der Waals surface area contributed by atoms with Crippen molar-refractivity contribution in [3.8, 4) is 11.8 Å². The molecule has 0 unspecified atom stereocenters. The van der Waals surface area contributed by atoms with Crippen LogP contribution in [0.4, 0.5) is 0 Å². The molecule has 1 aromatic carbocycles. The van der Waals surface area contributed by atoms with Crippen LogP contribution in [0.1, 0.15) is 58.1 Å². The second kappa shape index (κ2) is 9.77. The largest absolute Gasteiger partial charge is 0.253 e. The molecule has 0 fully saturated rings. The van der Waals surface area contributed by atoms with Gasteiger partial charge in [-0.15, -0.1) is 0 Å². The van der Waals surface area contributed by atoms with Crippen molar-refractivity contribution in [2.75, 3.05) is 0 Å². The van der Waals surface area contributed by atoms with Crippen molar-refractivity contribution in [1.82, 2.24) is 0 Å². The number of benzene rings is 1. The van der Waals surface area contributed by atoms with E-state index in [4.69, 9.17) is 0 Å². The van der Waals surface area contributed by atoms with Crippen molar-refractivity contribution in [1.29, 1.82) is 0 Å². The van der Waals surface area contributed by atoms with Gasteiger partial charge in [-0.2, -0.15) is 0 Å². The first-order valence-electron chi connectivity index (χ1n) is 7.71. The Morgan fingerprint density at radius 2 is 1.86 bits per heavy atom. The van der Waals surface area contributed by atoms with Crippen molar-refractivity contribution in [2.24, 2.45) is 4.99 Å². The minimum Gasteiger partial charge on any atom is -0.253 e. The molecule has 0 bridgehead atoms. The molecule has 0 radical (unpaired) electrons. The van der Waals surface area contributed by atoms with Gasteiger partial charge in [0.05, 0.1) is 0 Å². The third-order valence-electron chi connectivity index (χ3n) is 3.10. The summed E-state index contributed by atoms with van der Waals surface area (Å²) in [5.41, 5.74) is 4.57. The molecule has 1 aromatic rings. The molecule has 110 valence electrons. The molecule has 1 heteroatoms. The van der Waals surface area contributed by atoms with Gasteiger partial charge in [-0.3, -0.25) is 4.99 Å². The highest BCUT2D eigenvalue weighted by Crippen LogP contribution is 2.20. The smallest absolute Gasteiger partial charge is 0.108 e. The second-order valence-electron chi connectivity index (χ2n) is 4.78. The number of hydrogen-bond acceptors (Lipinski definition) is 1. The number of rotatable bonds is 5. The molecule has 0 amide bonds. The highest BCUT2D eigenvalue weighted by atomic mass is 14.7. The summed E-state index contributed by atoms with van der Waals surface area (Å²) in [4.78, 5) is 4.21. The van der Waals surface area contributed by atoms with Gasteiger partial charge in [0.2, 0.25) is 0 Å². The van der Waals surface area contributed by atoms with Crippen LogP contribution < -0.4 is 0 Å². The Morgan fingerprint density at radius 1 is 1.14 bits per heavy atom. The Labute approximate surface area is 129 Å². The third kappa shape index (κ3) is 5.83. The average Bonchev–Trinajstić information content (AvgIpc) is 2.52. The minimum atomic E-state index is 0.805. The number of aliphatic imine (C=N–C) groups is 1. The Morgan fingerprint density at radius 3 is 2.38 bits per heavy atom. The van der Waals surface area contributed by atoms with Gasteiger partial charge in [-0.05, 0) is 55.9 Å². The maximum atomic E-state index is 4.21. The lowest BCUT2D eigenvalue weighted by atomic mass is 9.99. The van der Waals surface area contributed by atoms with Gasteiger partial charge in [0.15, 0.2) is 0 Å². The van der Waals surface area contributed by atoms with Gasteiger partial charge in [-0.25, -0.2) is 0 Å². The SMILES string of the molecule is C/C=N\C(C#Cc1ccc(/C(=C/CC)CCC)cc1)=C/C. The average molecular weight is 279 g/mol. The monoisotopic (exact) mass is 279 g/mol. The highest BCUT2D eigenvalue weighted by molar-refractivity contribution is 5.66. The third-order valence-corrected chi connectivity index (χ3v) is 3.10. The van der Waals surface area contributed by atoms with Crippen LogP contribution in [0.15, 0.2) is 47.1 Å². The van der Waals surface area contributed by atoms with Crippen LogP contribution in [-0.4, -0.2) is 6.21 Å². The molecular formula is C20H25N. The maximum Gasteiger partial charge on any atom is 0.108 e. The summed E-state index contributed by atoms with van der Waals surface area (Å²) < 4.78 is 0. The summed E-state index contributed by atoms with van der Waals surface area (Å²) in [6.45, 7) is 8.25. The van der Waals surface area contributed by atoms with Crippen LogP contribution in [0.3, 0.4) is 0 Å². The van der Waals surface area contributed by atoms with Crippen molar-refractivity contribution in [3.05, 3.63) is 53.2 Å². The maximum absolute atomic E-state index is 4.21. The van der Waals surface area contributed by atoms with Gasteiger partial charge in [0.1, 0.15) is 5.70 Å². The van der Waals surface area contributed by atoms with E-state index in [1.54, 1.807) is 6.21 Å². The molecular weight excluding hydrogens is 254 g/mol. The molecule has 0 spiro atoms. The second-order valence-corrected chi connectivity index (χ2v) is 4.78. The van der Waals surface area contributed by atoms with Crippen molar-refractivity contribution >= 4 is 11.8 Å². The zero-order chi connectivity index (χ0) is 15.5. The number of hydrogen-bond donors (Lipinski definition) is 0. The lowest BCUT2D eigenvalue weighted by molar-refractivity contribution is 0.967. The van der Waals surface area contributed by atoms with Crippen LogP contribution in [0.5, 0.6) is 0 Å². The fourth-order valence-electron chi connectivity index (χ4n) is 2.10. The van der Waals surface area contributed by atoms with Crippen LogP contribution >= 0.6 is 0 Å². The van der Waals surface area contributed by atoms with Gasteiger partial charge in [0, 0.05) is 11.8 Å². The van der Waals surface area contributed by atoms with E-state index in [1.807, 2.05) is 19.9 Å². The zero-order valence-corrected chi connectivity index (χ0v) is 13.6. The molecule has 0 aliphatic carbocycles. The molecule has 21 heavy (non-hydrogen) atoms. The van der Waals surface area contributed by atoms with Gasteiger partial charge < -0.3 is 0 Å². The number of allylic oxidation sites excluding steroid dienone is 4. The van der Waals surface area contributed by atoms with E-state index in [9.17, 15) is 0 Å². The quantitative estimate of drug-likeness (QED) is 0.489. The molecule has 0 aliphatic heterocycles. The summed E-state index contributed by atoms with van der Waals surface area (Å²) >= 11 is 0. The Bertz CT molecular complexity index is 575. The van der Waals surface area contributed by atoms with E-state index in [0.717, 1.165) is 24.1 Å². The van der Waals surface area contributed by atoms with Crippen molar-refractivity contribution < 1.29 is 0 Å². The highest BCUT2D eigenvalue weighted by Gasteiger charge is 1.99. The molecule has 0 N–H and O–H groups in total. The Kier molecular flexibility index (Phi) is 7.90. The molecule has 1 rings (SSSR count). The minimum absolute atomic E-state index is 0.805. The van der Waals surface area contributed by atoms with Gasteiger partial charge in [-0.1, -0.05) is 50.5 Å². The van der Waals surface area contributed by atoms with Crippen LogP contribution in [0.2, 0.25) is 0 Å². The molecule has 0 aliphatic rings. The molecule has 0 saturated heterocycles.